The van der Waals surface area contributed by atoms with E-state index in [1.807, 2.05) is 13.0 Å². The Morgan fingerprint density at radius 1 is 1.13 bits per heavy atom. The first-order valence-electron chi connectivity index (χ1n) is 5.36. The molecule has 0 saturated heterocycles. The van der Waals surface area contributed by atoms with Crippen LogP contribution in [-0.4, -0.2) is 0 Å². The summed E-state index contributed by atoms with van der Waals surface area (Å²) in [6, 6.07) is 8.61. The molecule has 0 unspecified atom stereocenters. The Bertz CT molecular complexity index is 314. The van der Waals surface area contributed by atoms with Crippen molar-refractivity contribution in [3.8, 4) is 0 Å². The smallest absolute Gasteiger partial charge is 0.112 e. The molecule has 0 saturated carbocycles. The number of benzene rings is 1. The van der Waals surface area contributed by atoms with E-state index in [1.54, 1.807) is 6.26 Å². The summed E-state index contributed by atoms with van der Waals surface area (Å²) in [5, 5.41) is 0. The van der Waals surface area contributed by atoms with Crippen LogP contribution in [-0.2, 0) is 16.8 Å². The highest BCUT2D eigenvalue weighted by atomic mass is 16.5. The zero-order chi connectivity index (χ0) is 11.3. The molecule has 1 aromatic rings. The Morgan fingerprint density at radius 2 is 1.73 bits per heavy atom. The van der Waals surface area contributed by atoms with Gasteiger partial charge in [-0.1, -0.05) is 51.1 Å². The van der Waals surface area contributed by atoms with Gasteiger partial charge in [0, 0.05) is 0 Å². The van der Waals surface area contributed by atoms with Crippen molar-refractivity contribution in [2.24, 2.45) is 0 Å². The van der Waals surface area contributed by atoms with Gasteiger partial charge in [-0.3, -0.25) is 0 Å². The Labute approximate surface area is 92.8 Å². The second-order valence-corrected chi connectivity index (χ2v) is 4.73. The van der Waals surface area contributed by atoms with Gasteiger partial charge in [0.1, 0.15) is 6.61 Å². The molecule has 0 spiro atoms. The highest BCUT2D eigenvalue weighted by molar-refractivity contribution is 5.27. The number of hydrogen-bond acceptors (Lipinski definition) is 1. The lowest BCUT2D eigenvalue weighted by molar-refractivity contribution is 0.236. The van der Waals surface area contributed by atoms with E-state index in [0.717, 1.165) is 0 Å². The molecule has 82 valence electrons. The number of ether oxygens (including phenoxy) is 1. The summed E-state index contributed by atoms with van der Waals surface area (Å²) >= 11 is 0. The van der Waals surface area contributed by atoms with Gasteiger partial charge in [0.15, 0.2) is 0 Å². The normalized spacial score (nSPS) is 12.0. The van der Waals surface area contributed by atoms with Gasteiger partial charge in [0.25, 0.3) is 0 Å². The van der Waals surface area contributed by atoms with E-state index in [1.165, 1.54) is 11.1 Å². The number of hydrogen-bond donors (Lipinski definition) is 0. The largest absolute Gasteiger partial charge is 0.497 e. The van der Waals surface area contributed by atoms with Crippen molar-refractivity contribution < 1.29 is 4.74 Å². The topological polar surface area (TPSA) is 9.23 Å². The third kappa shape index (κ3) is 3.78. The van der Waals surface area contributed by atoms with Gasteiger partial charge in [-0.25, -0.2) is 0 Å². The average Bonchev–Trinajstić information content (AvgIpc) is 2.18. The molecule has 0 aliphatic heterocycles. The molecular formula is C14H20O. The highest BCUT2D eigenvalue weighted by Gasteiger charge is 2.12. The second-order valence-electron chi connectivity index (χ2n) is 4.73. The summed E-state index contributed by atoms with van der Waals surface area (Å²) < 4.78 is 5.31. The first-order chi connectivity index (χ1) is 7.04. The fraction of sp³-hybridized carbons (Fsp3) is 0.429. The van der Waals surface area contributed by atoms with E-state index < -0.39 is 0 Å². The molecule has 1 heteroatoms. The van der Waals surface area contributed by atoms with Gasteiger partial charge in [0.05, 0.1) is 6.26 Å². The zero-order valence-electron chi connectivity index (χ0n) is 10.1. The number of rotatable bonds is 3. The quantitative estimate of drug-likeness (QED) is 0.675. The van der Waals surface area contributed by atoms with Crippen LogP contribution in [0.5, 0.6) is 0 Å². The molecule has 0 atom stereocenters. The van der Waals surface area contributed by atoms with Crippen molar-refractivity contribution in [3.05, 3.63) is 47.7 Å². The monoisotopic (exact) mass is 204 g/mol. The molecule has 0 amide bonds. The molecule has 0 aliphatic carbocycles. The van der Waals surface area contributed by atoms with Crippen LogP contribution in [0, 0.1) is 0 Å². The van der Waals surface area contributed by atoms with Crippen LogP contribution in [0.15, 0.2) is 36.6 Å². The summed E-state index contributed by atoms with van der Waals surface area (Å²) in [5.41, 5.74) is 2.79. The summed E-state index contributed by atoms with van der Waals surface area (Å²) in [4.78, 5) is 0. The van der Waals surface area contributed by atoms with Crippen molar-refractivity contribution in [3.63, 3.8) is 0 Å². The molecule has 0 aliphatic rings. The fourth-order valence-electron chi connectivity index (χ4n) is 1.34. The van der Waals surface area contributed by atoms with Gasteiger partial charge in [-0.15, -0.1) is 0 Å². The van der Waals surface area contributed by atoms with E-state index in [-0.39, 0.29) is 5.41 Å². The standard InChI is InChI=1S/C14H20O/c1-5-10-15-11-12-6-8-13(9-7-12)14(2,3)4/h5-10H,11H2,1-4H3/b10-5-. The maximum absolute atomic E-state index is 5.31. The van der Waals surface area contributed by atoms with Crippen LogP contribution in [0.25, 0.3) is 0 Å². The molecule has 1 nitrogen and oxygen atoms in total. The van der Waals surface area contributed by atoms with Crippen molar-refractivity contribution in [1.82, 2.24) is 0 Å². The van der Waals surface area contributed by atoms with E-state index in [2.05, 4.69) is 45.0 Å². The molecule has 0 radical (unpaired) electrons. The summed E-state index contributed by atoms with van der Waals surface area (Å²) in [6.07, 6.45) is 3.61. The Kier molecular flexibility index (Phi) is 3.96. The van der Waals surface area contributed by atoms with Crippen LogP contribution in [0.1, 0.15) is 38.8 Å². The molecule has 1 rings (SSSR count). The highest BCUT2D eigenvalue weighted by Crippen LogP contribution is 2.22. The molecule has 0 bridgehead atoms. The van der Waals surface area contributed by atoms with Crippen molar-refractivity contribution in [1.29, 1.82) is 0 Å². The van der Waals surface area contributed by atoms with Crippen LogP contribution in [0.4, 0.5) is 0 Å². The van der Waals surface area contributed by atoms with Crippen LogP contribution >= 0.6 is 0 Å². The van der Waals surface area contributed by atoms with Gasteiger partial charge in [-0.05, 0) is 23.5 Å². The number of allylic oxidation sites excluding steroid dienone is 1. The van der Waals surface area contributed by atoms with Crippen LogP contribution < -0.4 is 0 Å². The second kappa shape index (κ2) is 5.01. The Morgan fingerprint density at radius 3 is 2.20 bits per heavy atom. The van der Waals surface area contributed by atoms with Crippen molar-refractivity contribution in [2.45, 2.75) is 39.7 Å². The van der Waals surface area contributed by atoms with E-state index in [9.17, 15) is 0 Å². The third-order valence-corrected chi connectivity index (χ3v) is 2.30. The third-order valence-electron chi connectivity index (χ3n) is 2.30. The molecule has 0 aromatic heterocycles. The predicted octanol–water partition coefficient (Wildman–Crippen LogP) is 4.03. The minimum atomic E-state index is 0.225. The molecule has 15 heavy (non-hydrogen) atoms. The molecular weight excluding hydrogens is 184 g/mol. The summed E-state index contributed by atoms with van der Waals surface area (Å²) in [5.74, 6) is 0. The van der Waals surface area contributed by atoms with Crippen molar-refractivity contribution in [2.75, 3.05) is 0 Å². The fourth-order valence-corrected chi connectivity index (χ4v) is 1.34. The van der Waals surface area contributed by atoms with Gasteiger partial charge < -0.3 is 4.74 Å². The van der Waals surface area contributed by atoms with Gasteiger partial charge in [0.2, 0.25) is 0 Å². The maximum atomic E-state index is 5.31. The summed E-state index contributed by atoms with van der Waals surface area (Å²) in [6.45, 7) is 9.26. The van der Waals surface area contributed by atoms with Crippen LogP contribution in [0.2, 0.25) is 0 Å². The van der Waals surface area contributed by atoms with E-state index in [0.29, 0.717) is 6.61 Å². The molecule has 0 heterocycles. The van der Waals surface area contributed by atoms with Gasteiger partial charge >= 0.3 is 0 Å². The molecule has 0 fully saturated rings. The lowest BCUT2D eigenvalue weighted by atomic mass is 9.87. The molecule has 0 N–H and O–H groups in total. The lowest BCUT2D eigenvalue weighted by Crippen LogP contribution is -2.10. The summed E-state index contributed by atoms with van der Waals surface area (Å²) in [7, 11) is 0. The zero-order valence-corrected chi connectivity index (χ0v) is 10.1. The van der Waals surface area contributed by atoms with E-state index in [4.69, 9.17) is 4.74 Å². The SMILES string of the molecule is C/C=C\OCc1ccc(C(C)(C)C)cc1. The lowest BCUT2D eigenvalue weighted by Gasteiger charge is -2.19. The molecule has 1 aromatic carbocycles. The Balaban J connectivity index is 2.64. The minimum Gasteiger partial charge on any atom is -0.497 e. The first-order valence-corrected chi connectivity index (χ1v) is 5.36. The first kappa shape index (κ1) is 11.8. The van der Waals surface area contributed by atoms with Crippen molar-refractivity contribution >= 4 is 0 Å². The Hall–Kier alpha value is -1.24. The average molecular weight is 204 g/mol. The van der Waals surface area contributed by atoms with Gasteiger partial charge in [-0.2, -0.15) is 0 Å². The maximum Gasteiger partial charge on any atom is 0.112 e. The van der Waals surface area contributed by atoms with Crippen LogP contribution in [0.3, 0.4) is 0 Å². The van der Waals surface area contributed by atoms with E-state index >= 15 is 0 Å². The minimum absolute atomic E-state index is 0.225. The predicted molar refractivity (Wildman–Crippen MR) is 64.7 cm³/mol.